The average molecular weight is 438 g/mol. The van der Waals surface area contributed by atoms with E-state index in [0.717, 1.165) is 34.7 Å². The quantitative estimate of drug-likeness (QED) is 0.260. The fourth-order valence-corrected chi connectivity index (χ4v) is 3.46. The van der Waals surface area contributed by atoms with Crippen molar-refractivity contribution in [3.8, 4) is 22.8 Å². The van der Waals surface area contributed by atoms with Crippen molar-refractivity contribution in [2.75, 3.05) is 13.2 Å². The third-order valence-electron chi connectivity index (χ3n) is 4.46. The maximum absolute atomic E-state index is 12.4. The Kier molecular flexibility index (Phi) is 8.18. The number of carbonyl (C=O) groups excluding carboxylic acids is 1. The van der Waals surface area contributed by atoms with Crippen LogP contribution in [0.5, 0.6) is 11.5 Å². The highest BCUT2D eigenvalue weighted by molar-refractivity contribution is 7.09. The second kappa shape index (κ2) is 11.3. The molecule has 0 aliphatic rings. The number of benzene rings is 2. The molecule has 1 heterocycles. The summed E-state index contributed by atoms with van der Waals surface area (Å²) in [6, 6.07) is 12.9. The van der Waals surface area contributed by atoms with Gasteiger partial charge in [0.25, 0.3) is 5.91 Å². The lowest BCUT2D eigenvalue weighted by Gasteiger charge is -2.12. The third-order valence-corrected chi connectivity index (χ3v) is 5.24. The van der Waals surface area contributed by atoms with E-state index in [1.165, 1.54) is 0 Å². The van der Waals surface area contributed by atoms with Crippen LogP contribution in [-0.2, 0) is 0 Å². The molecule has 0 atom stereocenters. The Morgan fingerprint density at radius 1 is 1.13 bits per heavy atom. The van der Waals surface area contributed by atoms with E-state index in [0.29, 0.717) is 30.3 Å². The normalized spacial score (nSPS) is 10.9. The molecule has 1 N–H and O–H groups in total. The minimum atomic E-state index is -0.276. The van der Waals surface area contributed by atoms with E-state index in [9.17, 15) is 4.79 Å². The Labute approximate surface area is 186 Å². The zero-order valence-corrected chi connectivity index (χ0v) is 18.9. The Morgan fingerprint density at radius 2 is 1.94 bits per heavy atom. The molecule has 0 saturated heterocycles. The van der Waals surface area contributed by atoms with E-state index in [2.05, 4.69) is 22.4 Å². The molecule has 31 heavy (non-hydrogen) atoms. The molecule has 0 saturated carbocycles. The molecular weight excluding hydrogens is 410 g/mol. The Hall–Kier alpha value is -3.19. The number of rotatable bonds is 10. The number of nitrogens with one attached hydrogen (secondary N) is 1. The zero-order valence-electron chi connectivity index (χ0n) is 18.1. The summed E-state index contributed by atoms with van der Waals surface area (Å²) in [7, 11) is 0. The van der Waals surface area contributed by atoms with Crippen molar-refractivity contribution in [2.24, 2.45) is 5.10 Å². The highest BCUT2D eigenvalue weighted by Gasteiger charge is 2.08. The first kappa shape index (κ1) is 22.5. The number of hydrogen-bond donors (Lipinski definition) is 1. The summed E-state index contributed by atoms with van der Waals surface area (Å²) in [6.45, 7) is 7.21. The van der Waals surface area contributed by atoms with Gasteiger partial charge < -0.3 is 9.47 Å². The van der Waals surface area contributed by atoms with Crippen LogP contribution >= 0.6 is 11.3 Å². The molecule has 3 aromatic rings. The summed E-state index contributed by atoms with van der Waals surface area (Å²) in [5.74, 6) is 1.11. The molecule has 3 rings (SSSR count). The van der Waals surface area contributed by atoms with E-state index in [1.807, 2.05) is 49.6 Å². The average Bonchev–Trinajstić information content (AvgIpc) is 3.22. The minimum absolute atomic E-state index is 0.276. The number of hydrazone groups is 1. The number of amides is 1. The highest BCUT2D eigenvalue weighted by atomic mass is 32.1. The number of unbranched alkanes of at least 4 members (excludes halogenated alkanes) is 1. The van der Waals surface area contributed by atoms with Crippen LogP contribution in [0.1, 0.15) is 47.6 Å². The molecule has 7 heteroatoms. The lowest BCUT2D eigenvalue weighted by atomic mass is 10.1. The van der Waals surface area contributed by atoms with Crippen molar-refractivity contribution in [2.45, 2.75) is 33.6 Å². The Bertz CT molecular complexity index is 1030. The number of thiazole rings is 1. The second-order valence-electron chi connectivity index (χ2n) is 6.87. The van der Waals surface area contributed by atoms with Gasteiger partial charge in [-0.15, -0.1) is 11.3 Å². The molecule has 2 aromatic carbocycles. The minimum Gasteiger partial charge on any atom is -0.490 e. The molecule has 0 radical (unpaired) electrons. The fourth-order valence-electron chi connectivity index (χ4n) is 2.84. The molecule has 1 aromatic heterocycles. The van der Waals surface area contributed by atoms with E-state index in [4.69, 9.17) is 9.47 Å². The maximum Gasteiger partial charge on any atom is 0.271 e. The first-order valence-electron chi connectivity index (χ1n) is 10.4. The van der Waals surface area contributed by atoms with Gasteiger partial charge in [-0.1, -0.05) is 25.5 Å². The lowest BCUT2D eigenvalue weighted by Crippen LogP contribution is -2.17. The summed E-state index contributed by atoms with van der Waals surface area (Å²) in [5, 5.41) is 7.10. The summed E-state index contributed by atoms with van der Waals surface area (Å²) in [4.78, 5) is 16.8. The van der Waals surface area contributed by atoms with E-state index < -0.39 is 0 Å². The van der Waals surface area contributed by atoms with Crippen LogP contribution in [0.3, 0.4) is 0 Å². The number of ether oxygens (including phenoxy) is 2. The molecular formula is C24H27N3O3S. The molecule has 162 valence electrons. The monoisotopic (exact) mass is 437 g/mol. The van der Waals surface area contributed by atoms with Gasteiger partial charge in [-0.25, -0.2) is 10.4 Å². The van der Waals surface area contributed by atoms with E-state index >= 15 is 0 Å². The van der Waals surface area contributed by atoms with Gasteiger partial charge in [0.2, 0.25) is 0 Å². The number of carbonyl (C=O) groups is 1. The molecule has 0 unspecified atom stereocenters. The van der Waals surface area contributed by atoms with Crippen molar-refractivity contribution in [3.05, 3.63) is 64.0 Å². The zero-order chi connectivity index (χ0) is 22.1. The van der Waals surface area contributed by atoms with Gasteiger partial charge in [0, 0.05) is 16.5 Å². The first-order chi connectivity index (χ1) is 15.1. The van der Waals surface area contributed by atoms with Crippen LogP contribution in [0, 0.1) is 6.92 Å². The number of aryl methyl sites for hydroxylation is 1. The van der Waals surface area contributed by atoms with Crippen molar-refractivity contribution >= 4 is 23.5 Å². The van der Waals surface area contributed by atoms with Crippen LogP contribution in [0.15, 0.2) is 52.9 Å². The first-order valence-corrected chi connectivity index (χ1v) is 11.2. The van der Waals surface area contributed by atoms with Gasteiger partial charge in [-0.3, -0.25) is 4.79 Å². The Morgan fingerprint density at radius 3 is 2.61 bits per heavy atom. The molecule has 0 aliphatic heterocycles. The molecule has 1 amide bonds. The third kappa shape index (κ3) is 6.39. The molecule has 6 nitrogen and oxygen atoms in total. The van der Waals surface area contributed by atoms with Gasteiger partial charge in [-0.05, 0) is 56.2 Å². The van der Waals surface area contributed by atoms with Crippen LogP contribution in [0.25, 0.3) is 11.3 Å². The number of hydrogen-bond acceptors (Lipinski definition) is 6. The van der Waals surface area contributed by atoms with Gasteiger partial charge in [-0.2, -0.15) is 5.10 Å². The summed E-state index contributed by atoms with van der Waals surface area (Å²) in [5.41, 5.74) is 5.80. The topological polar surface area (TPSA) is 72.8 Å². The summed E-state index contributed by atoms with van der Waals surface area (Å²) < 4.78 is 11.5. The number of nitrogens with zero attached hydrogens (tertiary/aromatic N) is 2. The smallest absolute Gasteiger partial charge is 0.271 e. The Balaban J connectivity index is 1.61. The predicted octanol–water partition coefficient (Wildman–Crippen LogP) is 5.46. The van der Waals surface area contributed by atoms with Crippen LogP contribution < -0.4 is 14.9 Å². The molecule has 0 spiro atoms. The largest absolute Gasteiger partial charge is 0.490 e. The second-order valence-corrected chi connectivity index (χ2v) is 7.93. The van der Waals surface area contributed by atoms with Crippen LogP contribution in [0.2, 0.25) is 0 Å². The van der Waals surface area contributed by atoms with Crippen molar-refractivity contribution in [1.29, 1.82) is 0 Å². The van der Waals surface area contributed by atoms with Crippen LogP contribution in [0.4, 0.5) is 0 Å². The van der Waals surface area contributed by atoms with Crippen molar-refractivity contribution < 1.29 is 14.3 Å². The lowest BCUT2D eigenvalue weighted by molar-refractivity contribution is 0.0955. The van der Waals surface area contributed by atoms with E-state index in [-0.39, 0.29) is 5.91 Å². The van der Waals surface area contributed by atoms with Gasteiger partial charge >= 0.3 is 0 Å². The van der Waals surface area contributed by atoms with E-state index in [1.54, 1.807) is 29.7 Å². The fraction of sp³-hybridized carbons (Fsp3) is 0.292. The highest BCUT2D eigenvalue weighted by Crippen LogP contribution is 2.28. The number of aromatic nitrogens is 1. The SMILES string of the molecule is CCCCOc1ccc(/C=N/NC(=O)c2ccc(-c3csc(C)n3)cc2)cc1OCC. The molecule has 0 bridgehead atoms. The van der Waals surface area contributed by atoms with Gasteiger partial charge in [0.05, 0.1) is 30.1 Å². The maximum atomic E-state index is 12.4. The molecule has 0 fully saturated rings. The van der Waals surface area contributed by atoms with Gasteiger partial charge in [0.15, 0.2) is 11.5 Å². The summed E-state index contributed by atoms with van der Waals surface area (Å²) in [6.07, 6.45) is 3.65. The predicted molar refractivity (Wildman–Crippen MR) is 125 cm³/mol. The summed E-state index contributed by atoms with van der Waals surface area (Å²) >= 11 is 1.60. The van der Waals surface area contributed by atoms with Crippen molar-refractivity contribution in [3.63, 3.8) is 0 Å². The van der Waals surface area contributed by atoms with Crippen LogP contribution in [-0.4, -0.2) is 30.3 Å². The van der Waals surface area contributed by atoms with Gasteiger partial charge in [0.1, 0.15) is 0 Å². The standard InChI is InChI=1S/C24H27N3O3S/c1-4-6-13-30-22-12-7-18(14-23(22)29-5-2)15-25-27-24(28)20-10-8-19(9-11-20)21-16-31-17(3)26-21/h7-12,14-16H,4-6,13H2,1-3H3,(H,27,28)/b25-15+. The molecule has 0 aliphatic carbocycles. The van der Waals surface area contributed by atoms with Crippen molar-refractivity contribution in [1.82, 2.24) is 10.4 Å².